The van der Waals surface area contributed by atoms with Crippen molar-refractivity contribution in [2.24, 2.45) is 0 Å². The van der Waals surface area contributed by atoms with E-state index >= 15 is 0 Å². The molecule has 0 radical (unpaired) electrons. The van der Waals surface area contributed by atoms with E-state index in [4.69, 9.17) is 14.2 Å². The number of hydrogen-bond acceptors (Lipinski definition) is 7. The van der Waals surface area contributed by atoms with Gasteiger partial charge in [0.05, 0.1) is 11.1 Å². The number of carbonyl (C=O) groups excluding carboxylic acids is 4. The van der Waals surface area contributed by atoms with Crippen LogP contribution in [0, 0.1) is 12.0 Å². The van der Waals surface area contributed by atoms with E-state index in [-0.39, 0.29) is 6.61 Å². The number of benzene rings is 1. The Balaban J connectivity index is 1.75. The number of hydrogen-bond donors (Lipinski definition) is 0. The third-order valence-electron chi connectivity index (χ3n) is 4.03. The minimum Gasteiger partial charge on any atom is -0.463 e. The molecule has 0 saturated carbocycles. The highest BCUT2D eigenvalue weighted by Crippen LogP contribution is 2.22. The lowest BCUT2D eigenvalue weighted by Gasteiger charge is -2.29. The minimum atomic E-state index is -0.781. The molecule has 28 heavy (non-hydrogen) atoms. The smallest absolute Gasteiger partial charge is 0.303 e. The standard InChI is InChI=1S/C20H17NO7/c1-12(22)26-11-18-17(27-13(2)23)8-7-14(28-18)9-10-21-19(24)15-5-3-4-6-16(15)20(21)25/h3-8,14,17-18H,11H2,1-2H3/t14-,17-,18+/m0/s1. The van der Waals surface area contributed by atoms with Crippen LogP contribution in [-0.2, 0) is 23.8 Å². The number of carbonyl (C=O) groups is 4. The summed E-state index contributed by atoms with van der Waals surface area (Å²) < 4.78 is 15.8. The minimum absolute atomic E-state index is 0.136. The van der Waals surface area contributed by atoms with Gasteiger partial charge in [-0.1, -0.05) is 12.1 Å². The van der Waals surface area contributed by atoms with Gasteiger partial charge in [0.25, 0.3) is 11.8 Å². The van der Waals surface area contributed by atoms with Gasteiger partial charge in [-0.2, -0.15) is 4.90 Å². The zero-order chi connectivity index (χ0) is 20.3. The quantitative estimate of drug-likeness (QED) is 0.333. The number of ether oxygens (including phenoxy) is 3. The second kappa shape index (κ2) is 8.06. The van der Waals surface area contributed by atoms with Gasteiger partial charge in [-0.15, -0.1) is 0 Å². The molecule has 8 nitrogen and oxygen atoms in total. The molecule has 2 amide bonds. The lowest BCUT2D eigenvalue weighted by atomic mass is 10.1. The van der Waals surface area contributed by atoms with Crippen LogP contribution < -0.4 is 0 Å². The van der Waals surface area contributed by atoms with Gasteiger partial charge in [-0.25, -0.2) is 0 Å². The second-order valence-corrected chi connectivity index (χ2v) is 6.10. The molecule has 8 heteroatoms. The van der Waals surface area contributed by atoms with Crippen LogP contribution >= 0.6 is 0 Å². The van der Waals surface area contributed by atoms with E-state index in [1.54, 1.807) is 36.4 Å². The van der Waals surface area contributed by atoms with Crippen molar-refractivity contribution < 1.29 is 33.4 Å². The van der Waals surface area contributed by atoms with Crippen LogP contribution in [0.1, 0.15) is 34.6 Å². The van der Waals surface area contributed by atoms with Crippen molar-refractivity contribution in [3.8, 4) is 12.0 Å². The third kappa shape index (κ3) is 4.10. The van der Waals surface area contributed by atoms with Crippen molar-refractivity contribution in [1.82, 2.24) is 4.90 Å². The Bertz CT molecular complexity index is 889. The average molecular weight is 383 g/mol. The van der Waals surface area contributed by atoms with E-state index in [0.717, 1.165) is 4.90 Å². The molecule has 3 atom stereocenters. The molecule has 0 aromatic heterocycles. The summed E-state index contributed by atoms with van der Waals surface area (Å²) >= 11 is 0. The Hall–Kier alpha value is -3.44. The highest BCUT2D eigenvalue weighted by Gasteiger charge is 2.35. The van der Waals surface area contributed by atoms with Crippen molar-refractivity contribution in [2.75, 3.05) is 6.61 Å². The summed E-state index contributed by atoms with van der Waals surface area (Å²) in [6.07, 6.45) is 0.828. The molecule has 2 aliphatic heterocycles. The topological polar surface area (TPSA) is 99.2 Å². The summed E-state index contributed by atoms with van der Waals surface area (Å²) in [4.78, 5) is 47.8. The first kappa shape index (κ1) is 19.3. The molecule has 0 spiro atoms. The van der Waals surface area contributed by atoms with Crippen molar-refractivity contribution in [2.45, 2.75) is 32.2 Å². The van der Waals surface area contributed by atoms with E-state index in [1.165, 1.54) is 13.8 Å². The Morgan fingerprint density at radius 2 is 1.71 bits per heavy atom. The Kier molecular flexibility index (Phi) is 5.57. The fraction of sp³-hybridized carbons (Fsp3) is 0.300. The molecule has 2 heterocycles. The monoisotopic (exact) mass is 383 g/mol. The largest absolute Gasteiger partial charge is 0.463 e. The van der Waals surface area contributed by atoms with Crippen LogP contribution in [0.3, 0.4) is 0 Å². The Morgan fingerprint density at radius 3 is 2.29 bits per heavy atom. The van der Waals surface area contributed by atoms with Crippen LogP contribution in [0.25, 0.3) is 0 Å². The van der Waals surface area contributed by atoms with Gasteiger partial charge in [0.2, 0.25) is 0 Å². The third-order valence-corrected chi connectivity index (χ3v) is 4.03. The number of amides is 2. The predicted octanol–water partition coefficient (Wildman–Crippen LogP) is 1.06. The molecule has 2 aliphatic rings. The summed E-state index contributed by atoms with van der Waals surface area (Å²) in [6.45, 7) is 2.37. The van der Waals surface area contributed by atoms with E-state index in [2.05, 4.69) is 12.0 Å². The second-order valence-electron chi connectivity index (χ2n) is 6.10. The van der Waals surface area contributed by atoms with Gasteiger partial charge in [-0.05, 0) is 30.2 Å². The van der Waals surface area contributed by atoms with Gasteiger partial charge in [-0.3, -0.25) is 19.2 Å². The molecule has 1 aromatic rings. The number of rotatable bonds is 3. The first-order chi connectivity index (χ1) is 13.4. The summed E-state index contributed by atoms with van der Waals surface area (Å²) in [5.41, 5.74) is 0.592. The van der Waals surface area contributed by atoms with E-state index in [0.29, 0.717) is 11.1 Å². The molecule has 0 bridgehead atoms. The molecule has 3 rings (SSSR count). The molecule has 0 unspecified atom stereocenters. The molecule has 0 N–H and O–H groups in total. The van der Waals surface area contributed by atoms with Crippen LogP contribution in [0.5, 0.6) is 0 Å². The highest BCUT2D eigenvalue weighted by atomic mass is 16.6. The molecule has 0 saturated heterocycles. The highest BCUT2D eigenvalue weighted by molar-refractivity contribution is 6.22. The van der Waals surface area contributed by atoms with Gasteiger partial charge < -0.3 is 14.2 Å². The van der Waals surface area contributed by atoms with Gasteiger partial charge in [0.1, 0.15) is 24.9 Å². The maximum Gasteiger partial charge on any atom is 0.303 e. The lowest BCUT2D eigenvalue weighted by Crippen LogP contribution is -2.41. The Labute approximate surface area is 161 Å². The molecule has 144 valence electrons. The number of imide groups is 1. The fourth-order valence-electron chi connectivity index (χ4n) is 2.79. The van der Waals surface area contributed by atoms with Crippen LogP contribution in [0.2, 0.25) is 0 Å². The normalized spacial score (nSPS) is 22.9. The number of fused-ring (bicyclic) bond motifs is 1. The van der Waals surface area contributed by atoms with E-state index in [1.807, 2.05) is 0 Å². The maximum absolute atomic E-state index is 12.3. The maximum atomic E-state index is 12.3. The number of esters is 2. The Morgan fingerprint density at radius 1 is 1.07 bits per heavy atom. The molecule has 1 aromatic carbocycles. The van der Waals surface area contributed by atoms with Crippen molar-refractivity contribution in [3.63, 3.8) is 0 Å². The summed E-state index contributed by atoms with van der Waals surface area (Å²) in [5.74, 6) is 0.680. The van der Waals surface area contributed by atoms with Crippen molar-refractivity contribution in [3.05, 3.63) is 47.5 Å². The molecule has 0 fully saturated rings. The first-order valence-electron chi connectivity index (χ1n) is 8.50. The van der Waals surface area contributed by atoms with Crippen LogP contribution in [0.15, 0.2) is 36.4 Å². The van der Waals surface area contributed by atoms with Crippen LogP contribution in [-0.4, -0.2) is 53.6 Å². The fourth-order valence-corrected chi connectivity index (χ4v) is 2.79. The number of nitrogens with zero attached hydrogens (tertiary/aromatic N) is 1. The molecular formula is C20H17NO7. The van der Waals surface area contributed by atoms with Gasteiger partial charge in [0, 0.05) is 19.9 Å². The molecule has 0 aliphatic carbocycles. The molecular weight excluding hydrogens is 366 g/mol. The SMILES string of the molecule is CC(=O)OC[C@H]1O[C@H](C#CN2C(=O)c3ccccc3C2=O)C=C[C@@H]1OC(C)=O. The van der Waals surface area contributed by atoms with E-state index in [9.17, 15) is 19.2 Å². The lowest BCUT2D eigenvalue weighted by molar-refractivity contribution is -0.161. The van der Waals surface area contributed by atoms with Crippen LogP contribution in [0.4, 0.5) is 0 Å². The summed E-state index contributed by atoms with van der Waals surface area (Å²) in [5, 5.41) is 0. The predicted molar refractivity (Wildman–Crippen MR) is 94.7 cm³/mol. The van der Waals surface area contributed by atoms with Crippen molar-refractivity contribution in [1.29, 1.82) is 0 Å². The summed E-state index contributed by atoms with van der Waals surface area (Å²) in [7, 11) is 0. The zero-order valence-corrected chi connectivity index (χ0v) is 15.2. The first-order valence-corrected chi connectivity index (χ1v) is 8.50. The van der Waals surface area contributed by atoms with Gasteiger partial charge >= 0.3 is 11.9 Å². The van der Waals surface area contributed by atoms with E-state index < -0.39 is 42.1 Å². The average Bonchev–Trinajstić information content (AvgIpc) is 2.90. The summed E-state index contributed by atoms with van der Waals surface area (Å²) in [6, 6.07) is 9.00. The zero-order valence-electron chi connectivity index (χ0n) is 15.2. The van der Waals surface area contributed by atoms with Crippen molar-refractivity contribution >= 4 is 23.8 Å². The van der Waals surface area contributed by atoms with Gasteiger partial charge in [0.15, 0.2) is 0 Å².